The highest BCUT2D eigenvalue weighted by molar-refractivity contribution is 8.68. The number of hydrogen-bond donors (Lipinski definition) is 1. The van der Waals surface area contributed by atoms with Gasteiger partial charge in [0.05, 0.1) is 31.3 Å². The van der Waals surface area contributed by atoms with Gasteiger partial charge in [0.25, 0.3) is 5.56 Å². The van der Waals surface area contributed by atoms with Gasteiger partial charge in [0.15, 0.2) is 0 Å². The Kier molecular flexibility index (Phi) is 9.30. The Balaban J connectivity index is 0.00000103. The van der Waals surface area contributed by atoms with E-state index in [4.69, 9.17) is 20.6 Å². The molecule has 1 saturated heterocycles. The molecule has 0 unspecified atom stereocenters. The van der Waals surface area contributed by atoms with Crippen molar-refractivity contribution in [1.82, 2.24) is 14.5 Å². The van der Waals surface area contributed by atoms with Gasteiger partial charge in [-0.1, -0.05) is 5.92 Å². The third-order valence-electron chi connectivity index (χ3n) is 5.61. The van der Waals surface area contributed by atoms with Gasteiger partial charge in [0.2, 0.25) is 0 Å². The lowest BCUT2D eigenvalue weighted by Gasteiger charge is -2.39. The Morgan fingerprint density at radius 2 is 1.88 bits per heavy atom. The average molecular weight is 500 g/mol. The molecule has 1 aliphatic rings. The van der Waals surface area contributed by atoms with Crippen LogP contribution in [0.4, 0.5) is 0 Å². The molecule has 0 saturated carbocycles. The molecular formula is C25H29N3O4S2. The molecule has 180 valence electrons. The highest BCUT2D eigenvalue weighted by atomic mass is 33.1. The molecular weight excluding hydrogens is 470 g/mol. The summed E-state index contributed by atoms with van der Waals surface area (Å²) in [5, 5.41) is 1.41. The number of thiol groups is 1. The fourth-order valence-electron chi connectivity index (χ4n) is 3.98. The van der Waals surface area contributed by atoms with E-state index in [1.54, 1.807) is 38.2 Å². The van der Waals surface area contributed by atoms with Crippen LogP contribution in [0.3, 0.4) is 0 Å². The predicted molar refractivity (Wildman–Crippen MR) is 142 cm³/mol. The van der Waals surface area contributed by atoms with E-state index >= 15 is 0 Å². The maximum Gasteiger partial charge on any atom is 0.259 e. The molecule has 2 aromatic heterocycles. The fraction of sp³-hybridized carbons (Fsp3) is 0.360. The lowest BCUT2D eigenvalue weighted by atomic mass is 9.98. The van der Waals surface area contributed by atoms with Crippen LogP contribution in [0.1, 0.15) is 5.56 Å². The standard InChI is InChI=1S/C24H25N3O4.CH4S2/c1-5-8-31-17-12-27(13-17)15-21-22(29-3)9-16(10-23(21)30-4)20-14-26(2)24(28)19-11-25-7-6-18(19)20;1-3-2/h1,6-7,9-11,14,17H,8,12-13,15H2,2-4H3;2H,1H3. The second kappa shape index (κ2) is 12.2. The number of pyridine rings is 2. The van der Waals surface area contributed by atoms with Crippen LogP contribution < -0.4 is 15.0 Å². The van der Waals surface area contributed by atoms with E-state index in [1.165, 1.54) is 10.8 Å². The lowest BCUT2D eigenvalue weighted by Crippen LogP contribution is -2.51. The van der Waals surface area contributed by atoms with Gasteiger partial charge in [-0.25, -0.2) is 0 Å². The van der Waals surface area contributed by atoms with Crippen molar-refractivity contribution in [1.29, 1.82) is 0 Å². The van der Waals surface area contributed by atoms with Crippen molar-refractivity contribution in [2.45, 2.75) is 12.6 Å². The number of benzene rings is 1. The first-order valence-electron chi connectivity index (χ1n) is 10.6. The zero-order valence-corrected chi connectivity index (χ0v) is 21.5. The highest BCUT2D eigenvalue weighted by Crippen LogP contribution is 2.38. The van der Waals surface area contributed by atoms with Crippen LogP contribution in [-0.4, -0.2) is 60.7 Å². The first-order chi connectivity index (χ1) is 16.5. The van der Waals surface area contributed by atoms with E-state index < -0.39 is 0 Å². The van der Waals surface area contributed by atoms with E-state index in [9.17, 15) is 4.79 Å². The van der Waals surface area contributed by atoms with Crippen LogP contribution in [0.15, 0.2) is 41.6 Å². The minimum atomic E-state index is -0.0817. The number of rotatable bonds is 7. The van der Waals surface area contributed by atoms with Gasteiger partial charge in [0.1, 0.15) is 18.1 Å². The molecule has 0 aliphatic carbocycles. The number of methoxy groups -OCH3 is 2. The number of aromatic nitrogens is 2. The van der Waals surface area contributed by atoms with Crippen LogP contribution in [0, 0.1) is 12.3 Å². The molecule has 1 aliphatic heterocycles. The third-order valence-corrected chi connectivity index (χ3v) is 5.61. The number of hydrogen-bond acceptors (Lipinski definition) is 8. The van der Waals surface area contributed by atoms with E-state index in [-0.39, 0.29) is 11.7 Å². The van der Waals surface area contributed by atoms with Crippen molar-refractivity contribution in [3.63, 3.8) is 0 Å². The summed E-state index contributed by atoms with van der Waals surface area (Å²) in [4.78, 5) is 18.9. The Labute approximate surface area is 209 Å². The molecule has 3 heterocycles. The fourth-order valence-corrected chi connectivity index (χ4v) is 3.98. The summed E-state index contributed by atoms with van der Waals surface area (Å²) in [7, 11) is 6.49. The Morgan fingerprint density at radius 1 is 1.24 bits per heavy atom. The number of fused-ring (bicyclic) bond motifs is 1. The summed E-state index contributed by atoms with van der Waals surface area (Å²) < 4.78 is 18.6. The lowest BCUT2D eigenvalue weighted by molar-refractivity contribution is -0.0461. The molecule has 0 amide bonds. The zero-order chi connectivity index (χ0) is 24.7. The van der Waals surface area contributed by atoms with Crippen LogP contribution >= 0.6 is 22.5 Å². The largest absolute Gasteiger partial charge is 0.496 e. The SMILES string of the molecule is C#CCOC1CN(Cc2c(OC)cc(-c3cn(C)c(=O)c4cnccc34)cc2OC)C1.CSS. The van der Waals surface area contributed by atoms with E-state index in [2.05, 4.69) is 27.5 Å². The summed E-state index contributed by atoms with van der Waals surface area (Å²) in [6, 6.07) is 5.84. The Morgan fingerprint density at radius 3 is 2.47 bits per heavy atom. The number of aryl methyl sites for hydroxylation is 1. The summed E-state index contributed by atoms with van der Waals surface area (Å²) in [6.07, 6.45) is 12.5. The molecule has 1 fully saturated rings. The van der Waals surface area contributed by atoms with Crippen molar-refractivity contribution in [2.24, 2.45) is 7.05 Å². The maximum absolute atomic E-state index is 12.5. The van der Waals surface area contributed by atoms with Crippen molar-refractivity contribution in [2.75, 3.05) is 40.2 Å². The maximum atomic E-state index is 12.5. The number of likely N-dealkylation sites (tertiary alicyclic amines) is 1. The van der Waals surface area contributed by atoms with Crippen LogP contribution in [0.2, 0.25) is 0 Å². The first-order valence-corrected chi connectivity index (χ1v) is 12.9. The molecule has 3 aromatic rings. The van der Waals surface area contributed by atoms with Gasteiger partial charge < -0.3 is 18.8 Å². The van der Waals surface area contributed by atoms with Crippen molar-refractivity contribution in [3.05, 3.63) is 52.7 Å². The molecule has 0 atom stereocenters. The van der Waals surface area contributed by atoms with E-state index in [0.29, 0.717) is 18.5 Å². The topological polar surface area (TPSA) is 65.8 Å². The molecule has 4 rings (SSSR count). The minimum Gasteiger partial charge on any atom is -0.496 e. The monoisotopic (exact) mass is 499 g/mol. The second-order valence-corrected chi connectivity index (χ2v) is 9.21. The summed E-state index contributed by atoms with van der Waals surface area (Å²) in [6.45, 7) is 2.64. The van der Waals surface area contributed by atoms with Gasteiger partial charge in [-0.15, -0.1) is 28.9 Å². The molecule has 0 N–H and O–H groups in total. The molecule has 0 radical (unpaired) electrons. The molecule has 1 aromatic carbocycles. The first kappa shape index (κ1) is 26.0. The average Bonchev–Trinajstić information content (AvgIpc) is 2.83. The smallest absolute Gasteiger partial charge is 0.259 e. The zero-order valence-electron chi connectivity index (χ0n) is 19.8. The van der Waals surface area contributed by atoms with Crippen LogP contribution in [0.25, 0.3) is 21.9 Å². The van der Waals surface area contributed by atoms with Crippen LogP contribution in [0.5, 0.6) is 11.5 Å². The Bertz CT molecular complexity index is 1210. The number of nitrogens with zero attached hydrogens (tertiary/aromatic N) is 3. The Hall–Kier alpha value is -2.64. The van der Waals surface area contributed by atoms with Gasteiger partial charge in [-0.2, -0.15) is 0 Å². The summed E-state index contributed by atoms with van der Waals surface area (Å²) in [5.74, 6) is 3.97. The number of ether oxygens (including phenoxy) is 3. The summed E-state index contributed by atoms with van der Waals surface area (Å²) in [5.41, 5.74) is 2.71. The van der Waals surface area contributed by atoms with Crippen LogP contribution in [-0.2, 0) is 18.3 Å². The van der Waals surface area contributed by atoms with E-state index in [0.717, 1.165) is 46.7 Å². The molecule has 7 nitrogen and oxygen atoms in total. The highest BCUT2D eigenvalue weighted by Gasteiger charge is 2.29. The molecule has 9 heteroatoms. The normalized spacial score (nSPS) is 13.5. The predicted octanol–water partition coefficient (Wildman–Crippen LogP) is 3.65. The third kappa shape index (κ3) is 5.70. The van der Waals surface area contributed by atoms with Crippen molar-refractivity contribution < 1.29 is 14.2 Å². The number of terminal acetylenes is 1. The van der Waals surface area contributed by atoms with Gasteiger partial charge in [0, 0.05) is 50.8 Å². The second-order valence-electron chi connectivity index (χ2n) is 7.75. The van der Waals surface area contributed by atoms with Crippen molar-refractivity contribution in [3.8, 4) is 35.0 Å². The van der Waals surface area contributed by atoms with Gasteiger partial charge >= 0.3 is 0 Å². The molecule has 34 heavy (non-hydrogen) atoms. The van der Waals surface area contributed by atoms with E-state index in [1.807, 2.05) is 30.7 Å². The van der Waals surface area contributed by atoms with Gasteiger partial charge in [-0.05, 0) is 35.4 Å². The van der Waals surface area contributed by atoms with Gasteiger partial charge in [-0.3, -0.25) is 14.7 Å². The minimum absolute atomic E-state index is 0.0817. The molecule has 0 spiro atoms. The summed E-state index contributed by atoms with van der Waals surface area (Å²) >= 11 is 3.71. The molecule has 0 bridgehead atoms. The van der Waals surface area contributed by atoms with Crippen molar-refractivity contribution >= 4 is 33.2 Å². The quantitative estimate of drug-likeness (QED) is 0.302.